The number of carboxylic acid groups (broad SMARTS) is 1. The molecule has 0 aromatic carbocycles. The molecule has 0 aliphatic carbocycles. The molecule has 27 heavy (non-hydrogen) atoms. The number of hydrogen-bond acceptors (Lipinski definition) is 5. The monoisotopic (exact) mass is 389 g/mol. The predicted octanol–water partition coefficient (Wildman–Crippen LogP) is 1.08. The van der Waals surface area contributed by atoms with Crippen molar-refractivity contribution in [2.24, 2.45) is 0 Å². The molecule has 2 aliphatic rings. The van der Waals surface area contributed by atoms with E-state index in [1.165, 1.54) is 9.47 Å². The van der Waals surface area contributed by atoms with E-state index in [1.54, 1.807) is 4.90 Å². The Morgan fingerprint density at radius 1 is 1.26 bits per heavy atom. The number of carbonyl (C=O) groups excluding carboxylic acids is 1. The van der Waals surface area contributed by atoms with Crippen LogP contribution in [0.5, 0.6) is 5.75 Å². The van der Waals surface area contributed by atoms with Crippen molar-refractivity contribution in [1.82, 2.24) is 14.4 Å². The second-order valence-electron chi connectivity index (χ2n) is 6.61. The Kier molecular flexibility index (Phi) is 4.89. The van der Waals surface area contributed by atoms with E-state index in [1.807, 2.05) is 0 Å². The van der Waals surface area contributed by atoms with Crippen LogP contribution in [0.1, 0.15) is 40.1 Å². The van der Waals surface area contributed by atoms with Crippen LogP contribution in [0.2, 0.25) is 0 Å². The Bertz CT molecular complexity index is 836. The van der Waals surface area contributed by atoms with E-state index < -0.39 is 47.4 Å². The number of aromatic carboxylic acids is 1. The molecule has 8 nitrogen and oxygen atoms in total. The Morgan fingerprint density at radius 3 is 2.59 bits per heavy atom. The fourth-order valence-electron chi connectivity index (χ4n) is 3.62. The van der Waals surface area contributed by atoms with Crippen molar-refractivity contribution in [3.05, 3.63) is 27.7 Å². The van der Waals surface area contributed by atoms with Gasteiger partial charge in [0.2, 0.25) is 5.43 Å². The van der Waals surface area contributed by atoms with Crippen molar-refractivity contribution < 1.29 is 33.0 Å². The van der Waals surface area contributed by atoms with Crippen LogP contribution < -0.4 is 5.43 Å². The highest BCUT2D eigenvalue weighted by atomic mass is 19.4. The van der Waals surface area contributed by atoms with Gasteiger partial charge >= 0.3 is 12.1 Å². The maximum Gasteiger partial charge on any atom is 0.389 e. The molecule has 0 saturated carbocycles. The molecule has 2 aliphatic heterocycles. The first kappa shape index (κ1) is 19.2. The summed E-state index contributed by atoms with van der Waals surface area (Å²) >= 11 is 0. The number of fused-ring (bicyclic) bond motifs is 2. The first-order valence-corrected chi connectivity index (χ1v) is 8.41. The number of aromatic nitrogens is 1. The van der Waals surface area contributed by atoms with E-state index >= 15 is 0 Å². The molecule has 0 bridgehead atoms. The molecule has 1 saturated heterocycles. The van der Waals surface area contributed by atoms with Gasteiger partial charge in [-0.25, -0.2) is 4.79 Å². The summed E-state index contributed by atoms with van der Waals surface area (Å²) in [5.41, 5.74) is -2.10. The lowest BCUT2D eigenvalue weighted by Gasteiger charge is -2.47. The molecule has 1 atom stereocenters. The third kappa shape index (κ3) is 3.64. The number of pyridine rings is 1. The largest absolute Gasteiger partial charge is 0.503 e. The summed E-state index contributed by atoms with van der Waals surface area (Å²) in [4.78, 5) is 39.0. The van der Waals surface area contributed by atoms with Crippen LogP contribution in [0.3, 0.4) is 0 Å². The van der Waals surface area contributed by atoms with E-state index in [0.717, 1.165) is 6.20 Å². The van der Waals surface area contributed by atoms with Gasteiger partial charge in [-0.2, -0.15) is 13.2 Å². The number of aromatic hydroxyl groups is 1. The molecule has 1 unspecified atom stereocenters. The molecule has 1 aromatic heterocycles. The van der Waals surface area contributed by atoms with Crippen molar-refractivity contribution in [2.45, 2.75) is 38.1 Å². The van der Waals surface area contributed by atoms with Crippen LogP contribution in [0.15, 0.2) is 11.0 Å². The molecule has 1 aromatic rings. The van der Waals surface area contributed by atoms with Gasteiger partial charge in [-0.05, 0) is 12.8 Å². The Balaban J connectivity index is 1.90. The maximum absolute atomic E-state index is 12.7. The smallest absolute Gasteiger partial charge is 0.389 e. The van der Waals surface area contributed by atoms with Crippen molar-refractivity contribution >= 4 is 11.9 Å². The van der Waals surface area contributed by atoms with Gasteiger partial charge in [0.1, 0.15) is 11.7 Å². The SMILES string of the molecule is O=C(O)c1cn2c(c(O)c1=O)C(=O)N1CCCN(CCCC(F)(F)F)C1C2. The van der Waals surface area contributed by atoms with E-state index in [2.05, 4.69) is 0 Å². The summed E-state index contributed by atoms with van der Waals surface area (Å²) in [6.45, 7) is 1.02. The molecule has 3 rings (SSSR count). The fraction of sp³-hybridized carbons (Fsp3) is 0.562. The van der Waals surface area contributed by atoms with E-state index in [9.17, 15) is 32.7 Å². The zero-order chi connectivity index (χ0) is 19.9. The minimum absolute atomic E-state index is 0.0568. The van der Waals surface area contributed by atoms with Gasteiger partial charge < -0.3 is 19.7 Å². The van der Waals surface area contributed by atoms with E-state index in [0.29, 0.717) is 19.5 Å². The highest BCUT2D eigenvalue weighted by molar-refractivity contribution is 5.97. The minimum Gasteiger partial charge on any atom is -0.503 e. The van der Waals surface area contributed by atoms with Crippen LogP contribution in [0.25, 0.3) is 0 Å². The molecule has 0 spiro atoms. The van der Waals surface area contributed by atoms with Gasteiger partial charge in [0.15, 0.2) is 11.4 Å². The number of hydrogen-bond donors (Lipinski definition) is 2. The summed E-state index contributed by atoms with van der Waals surface area (Å²) in [5.74, 6) is -3.10. The number of carbonyl (C=O) groups is 2. The third-order valence-corrected chi connectivity index (χ3v) is 4.84. The van der Waals surface area contributed by atoms with Crippen LogP contribution in [-0.4, -0.2) is 68.4 Å². The number of rotatable bonds is 4. The van der Waals surface area contributed by atoms with Crippen molar-refractivity contribution in [2.75, 3.05) is 19.6 Å². The molecule has 3 heterocycles. The molecular weight excluding hydrogens is 371 g/mol. The lowest BCUT2D eigenvalue weighted by Crippen LogP contribution is -2.61. The van der Waals surface area contributed by atoms with Crippen molar-refractivity contribution in [3.8, 4) is 5.75 Å². The van der Waals surface area contributed by atoms with Crippen LogP contribution >= 0.6 is 0 Å². The molecule has 2 N–H and O–H groups in total. The summed E-state index contributed by atoms with van der Waals surface area (Å²) in [6, 6.07) is 0. The van der Waals surface area contributed by atoms with Gasteiger partial charge in [-0.1, -0.05) is 0 Å². The van der Waals surface area contributed by atoms with E-state index in [4.69, 9.17) is 5.11 Å². The Morgan fingerprint density at radius 2 is 1.96 bits per heavy atom. The summed E-state index contributed by atoms with van der Waals surface area (Å²) in [5, 5.41) is 19.1. The average molecular weight is 389 g/mol. The highest BCUT2D eigenvalue weighted by Gasteiger charge is 2.40. The maximum atomic E-state index is 12.7. The number of carboxylic acids is 1. The zero-order valence-corrected chi connectivity index (χ0v) is 14.2. The van der Waals surface area contributed by atoms with Gasteiger partial charge in [-0.3, -0.25) is 14.5 Å². The fourth-order valence-corrected chi connectivity index (χ4v) is 3.62. The molecular formula is C16H18F3N3O5. The molecule has 0 radical (unpaired) electrons. The quantitative estimate of drug-likeness (QED) is 0.799. The molecule has 1 fully saturated rings. The number of halogens is 3. The first-order valence-electron chi connectivity index (χ1n) is 8.41. The summed E-state index contributed by atoms with van der Waals surface area (Å²) in [7, 11) is 0. The van der Waals surface area contributed by atoms with Gasteiger partial charge in [0, 0.05) is 32.3 Å². The second-order valence-corrected chi connectivity index (χ2v) is 6.61. The number of nitrogens with zero attached hydrogens (tertiary/aromatic N) is 3. The molecule has 148 valence electrons. The highest BCUT2D eigenvalue weighted by Crippen LogP contribution is 2.29. The molecule has 1 amide bonds. The van der Waals surface area contributed by atoms with Crippen molar-refractivity contribution in [1.29, 1.82) is 0 Å². The minimum atomic E-state index is -4.26. The number of amides is 1. The standard InChI is InChI=1S/C16H18F3N3O5/c17-16(18,19)3-1-4-20-5-2-6-22-10(20)8-21-7-9(15(26)27)12(23)13(24)11(21)14(22)25/h7,10,24H,1-6,8H2,(H,26,27). The average Bonchev–Trinajstić information content (AvgIpc) is 2.57. The lowest BCUT2D eigenvalue weighted by molar-refractivity contribution is -0.137. The van der Waals surface area contributed by atoms with Crippen LogP contribution in [-0.2, 0) is 6.54 Å². The topological polar surface area (TPSA) is 103 Å². The Labute approximate surface area is 151 Å². The van der Waals surface area contributed by atoms with Crippen LogP contribution in [0.4, 0.5) is 13.2 Å². The van der Waals surface area contributed by atoms with Crippen LogP contribution in [0, 0.1) is 0 Å². The first-order chi connectivity index (χ1) is 12.6. The third-order valence-electron chi connectivity index (χ3n) is 4.84. The summed E-state index contributed by atoms with van der Waals surface area (Å²) < 4.78 is 38.4. The van der Waals surface area contributed by atoms with E-state index in [-0.39, 0.29) is 25.2 Å². The zero-order valence-electron chi connectivity index (χ0n) is 14.2. The van der Waals surface area contributed by atoms with Gasteiger partial charge in [0.05, 0.1) is 6.54 Å². The number of alkyl halides is 3. The Hall–Kier alpha value is -2.56. The second kappa shape index (κ2) is 6.87. The lowest BCUT2D eigenvalue weighted by atomic mass is 10.1. The normalized spacial score (nSPS) is 20.3. The van der Waals surface area contributed by atoms with Gasteiger partial charge in [0.25, 0.3) is 5.91 Å². The van der Waals surface area contributed by atoms with Gasteiger partial charge in [-0.15, -0.1) is 0 Å². The summed E-state index contributed by atoms with van der Waals surface area (Å²) in [6.07, 6.45) is -4.33. The van der Waals surface area contributed by atoms with Crippen molar-refractivity contribution in [3.63, 3.8) is 0 Å². The molecule has 11 heteroatoms. The predicted molar refractivity (Wildman–Crippen MR) is 85.6 cm³/mol.